The number of halogens is 2. The van der Waals surface area contributed by atoms with Gasteiger partial charge >= 0.3 is 5.97 Å². The van der Waals surface area contributed by atoms with E-state index in [4.69, 9.17) is 10.2 Å². The Morgan fingerprint density at radius 1 is 1.36 bits per heavy atom. The zero-order valence-corrected chi connectivity index (χ0v) is 8.18. The molecule has 0 aromatic rings. The first-order chi connectivity index (χ1) is 6.21. The van der Waals surface area contributed by atoms with Gasteiger partial charge < -0.3 is 15.5 Å². The number of carbonyl (C=O) groups is 1. The summed E-state index contributed by atoms with van der Waals surface area (Å²) >= 11 is 0. The number of hydrogen-bond acceptors (Lipinski definition) is 3. The summed E-state index contributed by atoms with van der Waals surface area (Å²) in [6.07, 6.45) is 0. The van der Waals surface area contributed by atoms with Gasteiger partial charge in [0.05, 0.1) is 12.0 Å². The highest BCUT2D eigenvalue weighted by Crippen LogP contribution is 2.15. The molecule has 0 saturated carbocycles. The minimum Gasteiger partial charge on any atom is -0.481 e. The van der Waals surface area contributed by atoms with E-state index in [1.54, 1.807) is 0 Å². The van der Waals surface area contributed by atoms with Crippen molar-refractivity contribution in [2.45, 2.75) is 19.8 Å². The van der Waals surface area contributed by atoms with E-state index < -0.39 is 30.5 Å². The van der Waals surface area contributed by atoms with Gasteiger partial charge in [0.2, 0.25) is 0 Å². The predicted molar refractivity (Wildman–Crippen MR) is 46.3 cm³/mol. The zero-order valence-electron chi connectivity index (χ0n) is 8.18. The molecule has 0 aliphatic carbocycles. The molecule has 0 unspecified atom stereocenters. The number of rotatable bonds is 6. The highest BCUT2D eigenvalue weighted by atomic mass is 19.3. The van der Waals surface area contributed by atoms with Gasteiger partial charge in [-0.05, 0) is 13.8 Å². The van der Waals surface area contributed by atoms with Crippen molar-refractivity contribution in [2.75, 3.05) is 19.7 Å². The highest BCUT2D eigenvalue weighted by molar-refractivity contribution is 5.73. The Bertz CT molecular complexity index is 207. The second-order valence-electron chi connectivity index (χ2n) is 3.81. The second-order valence-corrected chi connectivity index (χ2v) is 3.81. The molecule has 0 atom stereocenters. The molecule has 0 bridgehead atoms. The molecule has 3 N–H and O–H groups in total. The van der Waals surface area contributed by atoms with E-state index in [1.807, 2.05) is 0 Å². The number of carboxylic acid groups (broad SMARTS) is 1. The van der Waals surface area contributed by atoms with E-state index in [0.29, 0.717) is 0 Å². The SMILES string of the molecule is CC(C)(CNCC(F)(F)CO)C(=O)O. The standard InChI is InChI=1S/C8H15F2NO3/c1-7(2,6(13)14)3-11-4-8(9,10)5-12/h11-12H,3-5H2,1-2H3,(H,13,14). The average molecular weight is 211 g/mol. The van der Waals surface area contributed by atoms with Crippen LogP contribution in [0.4, 0.5) is 8.78 Å². The average Bonchev–Trinajstić information content (AvgIpc) is 2.03. The molecule has 0 heterocycles. The van der Waals surface area contributed by atoms with Crippen molar-refractivity contribution in [1.82, 2.24) is 5.32 Å². The molecule has 0 rings (SSSR count). The maximum Gasteiger partial charge on any atom is 0.310 e. The van der Waals surface area contributed by atoms with Gasteiger partial charge in [0.15, 0.2) is 0 Å². The summed E-state index contributed by atoms with van der Waals surface area (Å²) < 4.78 is 24.9. The van der Waals surface area contributed by atoms with E-state index in [0.717, 1.165) is 0 Å². The molecule has 0 spiro atoms. The summed E-state index contributed by atoms with van der Waals surface area (Å²) in [5, 5.41) is 19.2. The van der Waals surface area contributed by atoms with Gasteiger partial charge in [0.25, 0.3) is 5.92 Å². The van der Waals surface area contributed by atoms with E-state index in [1.165, 1.54) is 13.8 Å². The van der Waals surface area contributed by atoms with Crippen LogP contribution in [0, 0.1) is 5.41 Å². The van der Waals surface area contributed by atoms with E-state index >= 15 is 0 Å². The Morgan fingerprint density at radius 3 is 2.21 bits per heavy atom. The summed E-state index contributed by atoms with van der Waals surface area (Å²) in [4.78, 5) is 10.6. The number of hydrogen-bond donors (Lipinski definition) is 3. The molecule has 0 aliphatic heterocycles. The third kappa shape index (κ3) is 4.48. The van der Waals surface area contributed by atoms with Crippen LogP contribution in [0.25, 0.3) is 0 Å². The first-order valence-corrected chi connectivity index (χ1v) is 4.14. The quantitative estimate of drug-likeness (QED) is 0.591. The monoisotopic (exact) mass is 211 g/mol. The van der Waals surface area contributed by atoms with Crippen LogP contribution in [0.15, 0.2) is 0 Å². The molecular formula is C8H15F2NO3. The largest absolute Gasteiger partial charge is 0.481 e. The Labute approximate surface area is 80.9 Å². The third-order valence-corrected chi connectivity index (χ3v) is 1.76. The molecule has 84 valence electrons. The number of nitrogens with one attached hydrogen (secondary N) is 1. The second kappa shape index (κ2) is 4.65. The zero-order chi connectivity index (χ0) is 11.4. The van der Waals surface area contributed by atoms with Crippen LogP contribution in [0.2, 0.25) is 0 Å². The number of aliphatic carboxylic acids is 1. The predicted octanol–water partition coefficient (Wildman–Crippen LogP) is 0.314. The molecule has 0 aromatic carbocycles. The topological polar surface area (TPSA) is 69.6 Å². The van der Waals surface area contributed by atoms with Gasteiger partial charge in [-0.2, -0.15) is 0 Å². The molecule has 4 nitrogen and oxygen atoms in total. The lowest BCUT2D eigenvalue weighted by molar-refractivity contribution is -0.146. The van der Waals surface area contributed by atoms with Gasteiger partial charge in [0.1, 0.15) is 6.61 Å². The fourth-order valence-electron chi connectivity index (χ4n) is 0.689. The highest BCUT2D eigenvalue weighted by Gasteiger charge is 2.31. The third-order valence-electron chi connectivity index (χ3n) is 1.76. The van der Waals surface area contributed by atoms with Crippen molar-refractivity contribution in [3.63, 3.8) is 0 Å². The molecule has 0 aliphatic rings. The van der Waals surface area contributed by atoms with Crippen LogP contribution < -0.4 is 5.32 Å². The van der Waals surface area contributed by atoms with Crippen molar-refractivity contribution in [3.05, 3.63) is 0 Å². The van der Waals surface area contributed by atoms with E-state index in [2.05, 4.69) is 5.32 Å². The fraction of sp³-hybridized carbons (Fsp3) is 0.875. The number of aliphatic hydroxyl groups is 1. The first-order valence-electron chi connectivity index (χ1n) is 4.14. The smallest absolute Gasteiger partial charge is 0.310 e. The Kier molecular flexibility index (Phi) is 4.41. The number of aliphatic hydroxyl groups excluding tert-OH is 1. The Balaban J connectivity index is 3.91. The van der Waals surface area contributed by atoms with Crippen molar-refractivity contribution in [2.24, 2.45) is 5.41 Å². The first kappa shape index (κ1) is 13.2. The maximum absolute atomic E-state index is 12.5. The molecule has 0 radical (unpaired) electrons. The number of alkyl halides is 2. The van der Waals surface area contributed by atoms with Gasteiger partial charge in [-0.25, -0.2) is 8.78 Å². The minimum absolute atomic E-state index is 0.0715. The molecule has 0 aromatic heterocycles. The molecule has 14 heavy (non-hydrogen) atoms. The van der Waals surface area contributed by atoms with Crippen LogP contribution in [-0.2, 0) is 4.79 Å². The van der Waals surface area contributed by atoms with Crippen LogP contribution in [0.1, 0.15) is 13.8 Å². The molecule has 0 fully saturated rings. The Morgan fingerprint density at radius 2 is 1.86 bits per heavy atom. The lowest BCUT2D eigenvalue weighted by atomic mass is 9.94. The summed E-state index contributed by atoms with van der Waals surface area (Å²) in [7, 11) is 0. The molecular weight excluding hydrogens is 196 g/mol. The summed E-state index contributed by atoms with van der Waals surface area (Å²) in [6, 6.07) is 0. The van der Waals surface area contributed by atoms with Crippen molar-refractivity contribution in [3.8, 4) is 0 Å². The van der Waals surface area contributed by atoms with E-state index in [-0.39, 0.29) is 6.54 Å². The lowest BCUT2D eigenvalue weighted by Crippen LogP contribution is -2.42. The van der Waals surface area contributed by atoms with Gasteiger partial charge in [-0.3, -0.25) is 4.79 Å². The van der Waals surface area contributed by atoms with E-state index in [9.17, 15) is 13.6 Å². The maximum atomic E-state index is 12.5. The Hall–Kier alpha value is -0.750. The number of carboxylic acids is 1. The van der Waals surface area contributed by atoms with Crippen LogP contribution >= 0.6 is 0 Å². The molecule has 0 saturated heterocycles. The van der Waals surface area contributed by atoms with Gasteiger partial charge in [-0.15, -0.1) is 0 Å². The van der Waals surface area contributed by atoms with Crippen LogP contribution in [0.3, 0.4) is 0 Å². The summed E-state index contributed by atoms with van der Waals surface area (Å²) in [5.41, 5.74) is -1.09. The van der Waals surface area contributed by atoms with Crippen LogP contribution in [0.5, 0.6) is 0 Å². The normalized spacial score (nSPS) is 12.9. The van der Waals surface area contributed by atoms with Gasteiger partial charge in [0, 0.05) is 6.54 Å². The summed E-state index contributed by atoms with van der Waals surface area (Å²) in [5.74, 6) is -4.26. The fourth-order valence-corrected chi connectivity index (χ4v) is 0.689. The molecule has 6 heteroatoms. The van der Waals surface area contributed by atoms with Gasteiger partial charge in [-0.1, -0.05) is 0 Å². The lowest BCUT2D eigenvalue weighted by Gasteiger charge is -2.21. The molecule has 0 amide bonds. The van der Waals surface area contributed by atoms with Crippen molar-refractivity contribution < 1.29 is 23.8 Å². The minimum atomic E-state index is -3.20. The summed E-state index contributed by atoms with van der Waals surface area (Å²) in [6.45, 7) is 0.824. The van der Waals surface area contributed by atoms with Crippen molar-refractivity contribution >= 4 is 5.97 Å². The van der Waals surface area contributed by atoms with Crippen molar-refractivity contribution in [1.29, 1.82) is 0 Å². The van der Waals surface area contributed by atoms with Crippen LogP contribution in [-0.4, -0.2) is 41.8 Å².